The third kappa shape index (κ3) is 4.33. The van der Waals surface area contributed by atoms with Crippen LogP contribution in [-0.2, 0) is 9.53 Å². The Bertz CT molecular complexity index is 813. The largest absolute Gasteiger partial charge is 0.465 e. The average molecular weight is 354 g/mol. The first-order chi connectivity index (χ1) is 12.5. The second-order valence-corrected chi connectivity index (χ2v) is 6.45. The molecule has 0 aromatic heterocycles. The first-order valence-corrected chi connectivity index (χ1v) is 8.51. The molecule has 6 nitrogen and oxygen atoms in total. The molecule has 0 atom stereocenters. The van der Waals surface area contributed by atoms with Gasteiger partial charge in [-0.15, -0.1) is 0 Å². The van der Waals surface area contributed by atoms with Crippen molar-refractivity contribution in [2.45, 2.75) is 19.8 Å². The molecule has 1 amide bonds. The molecule has 2 N–H and O–H groups in total. The fourth-order valence-corrected chi connectivity index (χ4v) is 2.68. The number of esters is 1. The van der Waals surface area contributed by atoms with Crippen molar-refractivity contribution >= 4 is 23.3 Å². The van der Waals surface area contributed by atoms with E-state index in [-0.39, 0.29) is 5.91 Å². The Labute approximate surface area is 152 Å². The monoisotopic (exact) mass is 354 g/mol. The summed E-state index contributed by atoms with van der Waals surface area (Å²) in [6, 6.07) is 12.0. The molecule has 1 aliphatic carbocycles. The van der Waals surface area contributed by atoms with Gasteiger partial charge in [0.05, 0.1) is 12.7 Å². The summed E-state index contributed by atoms with van der Waals surface area (Å²) in [5.41, 5.74) is 7.28. The van der Waals surface area contributed by atoms with Crippen LogP contribution in [0.15, 0.2) is 42.5 Å². The van der Waals surface area contributed by atoms with Gasteiger partial charge in [-0.3, -0.25) is 4.79 Å². The van der Waals surface area contributed by atoms with Crippen LogP contribution < -0.4 is 15.4 Å². The van der Waals surface area contributed by atoms with Gasteiger partial charge in [0.25, 0.3) is 0 Å². The number of nitrogens with two attached hydrogens (primary N) is 1. The summed E-state index contributed by atoms with van der Waals surface area (Å²) in [6.45, 7) is 2.16. The van der Waals surface area contributed by atoms with Gasteiger partial charge in [0.1, 0.15) is 11.5 Å². The zero-order chi connectivity index (χ0) is 18.7. The second-order valence-electron chi connectivity index (χ2n) is 6.45. The van der Waals surface area contributed by atoms with Crippen molar-refractivity contribution in [2.24, 2.45) is 5.92 Å². The predicted molar refractivity (Wildman–Crippen MR) is 99.5 cm³/mol. The van der Waals surface area contributed by atoms with Gasteiger partial charge in [-0.25, -0.2) is 4.79 Å². The summed E-state index contributed by atoms with van der Waals surface area (Å²) in [4.78, 5) is 25.8. The molecule has 0 spiro atoms. The molecule has 6 heteroatoms. The number of benzene rings is 2. The lowest BCUT2D eigenvalue weighted by molar-refractivity contribution is -0.116. The first-order valence-electron chi connectivity index (χ1n) is 8.51. The van der Waals surface area contributed by atoms with Crippen LogP contribution in [0, 0.1) is 5.92 Å². The van der Waals surface area contributed by atoms with Crippen LogP contribution in [0.25, 0.3) is 0 Å². The van der Waals surface area contributed by atoms with Crippen molar-refractivity contribution in [3.8, 4) is 11.5 Å². The van der Waals surface area contributed by atoms with Crippen LogP contribution >= 0.6 is 0 Å². The number of carbonyl (C=O) groups is 2. The number of methoxy groups -OCH3 is 1. The Balaban J connectivity index is 1.95. The number of nitrogens with zero attached hydrogens (tertiary/aromatic N) is 1. The lowest BCUT2D eigenvalue weighted by Crippen LogP contribution is -2.30. The van der Waals surface area contributed by atoms with Gasteiger partial charge >= 0.3 is 5.97 Å². The fourth-order valence-electron chi connectivity index (χ4n) is 2.68. The second kappa shape index (κ2) is 7.47. The summed E-state index contributed by atoms with van der Waals surface area (Å²) >= 11 is 0. The summed E-state index contributed by atoms with van der Waals surface area (Å²) in [5, 5.41) is 0. The molecule has 1 saturated carbocycles. The van der Waals surface area contributed by atoms with Crippen molar-refractivity contribution in [3.63, 3.8) is 0 Å². The topological polar surface area (TPSA) is 81.9 Å². The Hall–Kier alpha value is -3.02. The van der Waals surface area contributed by atoms with E-state index in [1.165, 1.54) is 14.0 Å². The number of ether oxygens (including phenoxy) is 2. The van der Waals surface area contributed by atoms with Crippen LogP contribution in [0.5, 0.6) is 11.5 Å². The van der Waals surface area contributed by atoms with Crippen LogP contribution in [0.3, 0.4) is 0 Å². The first kappa shape index (κ1) is 17.8. The van der Waals surface area contributed by atoms with E-state index < -0.39 is 5.97 Å². The van der Waals surface area contributed by atoms with Gasteiger partial charge in [-0.2, -0.15) is 0 Å². The van der Waals surface area contributed by atoms with Crippen LogP contribution in [0.1, 0.15) is 30.1 Å². The van der Waals surface area contributed by atoms with Crippen molar-refractivity contribution in [3.05, 3.63) is 48.0 Å². The maximum Gasteiger partial charge on any atom is 0.338 e. The minimum atomic E-state index is -0.482. The molecular weight excluding hydrogens is 332 g/mol. The molecule has 0 heterocycles. The minimum absolute atomic E-state index is 0.0719. The maximum atomic E-state index is 12.1. The summed E-state index contributed by atoms with van der Waals surface area (Å²) in [6.07, 6.45) is 2.24. The van der Waals surface area contributed by atoms with E-state index in [4.69, 9.17) is 15.2 Å². The SMILES string of the molecule is COC(=O)c1cc(Oc2ccc(N)cc2)cc(N(CC2CC2)C(C)=O)c1. The molecule has 0 bridgehead atoms. The predicted octanol–water partition coefficient (Wildman–Crippen LogP) is 3.61. The molecule has 136 valence electrons. The van der Waals surface area contributed by atoms with Gasteiger partial charge in [-0.1, -0.05) is 0 Å². The lowest BCUT2D eigenvalue weighted by Gasteiger charge is -2.22. The molecule has 3 rings (SSSR count). The Morgan fingerprint density at radius 2 is 1.81 bits per heavy atom. The van der Waals surface area contributed by atoms with Crippen molar-refractivity contribution in [1.82, 2.24) is 0 Å². The van der Waals surface area contributed by atoms with Gasteiger partial charge in [0.2, 0.25) is 5.91 Å². The van der Waals surface area contributed by atoms with Crippen LogP contribution in [0.2, 0.25) is 0 Å². The van der Waals surface area contributed by atoms with Crippen molar-refractivity contribution in [2.75, 3.05) is 24.3 Å². The van der Waals surface area contributed by atoms with E-state index in [9.17, 15) is 9.59 Å². The number of hydrogen-bond acceptors (Lipinski definition) is 5. The highest BCUT2D eigenvalue weighted by atomic mass is 16.5. The quantitative estimate of drug-likeness (QED) is 0.633. The maximum absolute atomic E-state index is 12.1. The minimum Gasteiger partial charge on any atom is -0.465 e. The smallest absolute Gasteiger partial charge is 0.338 e. The normalized spacial score (nSPS) is 13.2. The highest BCUT2D eigenvalue weighted by Gasteiger charge is 2.27. The zero-order valence-corrected chi connectivity index (χ0v) is 14.9. The van der Waals surface area contributed by atoms with Gasteiger partial charge in [-0.05, 0) is 55.2 Å². The van der Waals surface area contributed by atoms with Crippen molar-refractivity contribution < 1.29 is 19.1 Å². The highest BCUT2D eigenvalue weighted by molar-refractivity contribution is 5.95. The molecule has 1 aliphatic rings. The highest BCUT2D eigenvalue weighted by Crippen LogP contribution is 2.34. The van der Waals surface area contributed by atoms with E-state index in [2.05, 4.69) is 0 Å². The number of amides is 1. The summed E-state index contributed by atoms with van der Waals surface area (Å²) < 4.78 is 10.7. The molecule has 0 aliphatic heterocycles. The lowest BCUT2D eigenvalue weighted by atomic mass is 10.1. The van der Waals surface area contributed by atoms with E-state index in [1.54, 1.807) is 47.4 Å². The Kier molecular flexibility index (Phi) is 5.11. The van der Waals surface area contributed by atoms with Gasteiger partial charge in [0, 0.05) is 30.9 Å². The van der Waals surface area contributed by atoms with E-state index in [0.29, 0.717) is 40.9 Å². The fraction of sp³-hybridized carbons (Fsp3) is 0.300. The summed E-state index contributed by atoms with van der Waals surface area (Å²) in [7, 11) is 1.32. The average Bonchev–Trinajstić information content (AvgIpc) is 3.44. The molecule has 2 aromatic carbocycles. The van der Waals surface area contributed by atoms with E-state index in [1.807, 2.05) is 0 Å². The molecule has 0 radical (unpaired) electrons. The number of nitrogen functional groups attached to an aromatic ring is 1. The molecule has 1 fully saturated rings. The van der Waals surface area contributed by atoms with Gasteiger partial charge in [0.15, 0.2) is 0 Å². The Morgan fingerprint density at radius 3 is 2.38 bits per heavy atom. The molecule has 0 saturated heterocycles. The number of anilines is 2. The molecule has 26 heavy (non-hydrogen) atoms. The number of hydrogen-bond donors (Lipinski definition) is 1. The number of rotatable bonds is 6. The third-order valence-corrected chi connectivity index (χ3v) is 4.26. The van der Waals surface area contributed by atoms with E-state index in [0.717, 1.165) is 12.8 Å². The van der Waals surface area contributed by atoms with Gasteiger partial charge < -0.3 is 20.1 Å². The van der Waals surface area contributed by atoms with Crippen LogP contribution in [-0.4, -0.2) is 25.5 Å². The van der Waals surface area contributed by atoms with E-state index >= 15 is 0 Å². The van der Waals surface area contributed by atoms with Crippen LogP contribution in [0.4, 0.5) is 11.4 Å². The Morgan fingerprint density at radius 1 is 1.12 bits per heavy atom. The summed E-state index contributed by atoms with van der Waals surface area (Å²) in [5.74, 6) is 1.00. The molecule has 0 unspecified atom stereocenters. The third-order valence-electron chi connectivity index (χ3n) is 4.26. The molecule has 2 aromatic rings. The zero-order valence-electron chi connectivity index (χ0n) is 14.9. The van der Waals surface area contributed by atoms with Crippen molar-refractivity contribution in [1.29, 1.82) is 0 Å². The molecular formula is C20H22N2O4. The standard InChI is InChI=1S/C20H22N2O4/c1-13(23)22(12-14-3-4-14)17-9-15(20(24)25-2)10-19(11-17)26-18-7-5-16(21)6-8-18/h5-11,14H,3-4,12,21H2,1-2H3. The number of carbonyl (C=O) groups excluding carboxylic acids is 2.